The first-order chi connectivity index (χ1) is 9.75. The van der Waals surface area contributed by atoms with E-state index in [2.05, 4.69) is 4.90 Å². The molecule has 2 aliphatic heterocycles. The number of rotatable bonds is 2. The van der Waals surface area contributed by atoms with Crippen molar-refractivity contribution < 1.29 is 14.3 Å². The number of carbonyl (C=O) groups is 2. The lowest BCUT2D eigenvalue weighted by Gasteiger charge is -2.29. The van der Waals surface area contributed by atoms with Crippen molar-refractivity contribution in [2.75, 3.05) is 33.0 Å². The van der Waals surface area contributed by atoms with E-state index in [0.29, 0.717) is 24.8 Å². The zero-order chi connectivity index (χ0) is 13.9. The van der Waals surface area contributed by atoms with Crippen LogP contribution in [0.2, 0.25) is 0 Å². The van der Waals surface area contributed by atoms with Crippen LogP contribution in [-0.4, -0.2) is 53.9 Å². The van der Waals surface area contributed by atoms with Crippen LogP contribution in [0.3, 0.4) is 0 Å². The lowest BCUT2D eigenvalue weighted by Crippen LogP contribution is -2.45. The van der Waals surface area contributed by atoms with Gasteiger partial charge >= 0.3 is 0 Å². The molecule has 3 rings (SSSR count). The summed E-state index contributed by atoms with van der Waals surface area (Å²) in [6.07, 6.45) is 5.48. The number of nitrogens with zero attached hydrogens (tertiary/aromatic N) is 2. The first-order valence-corrected chi connectivity index (χ1v) is 8.13. The summed E-state index contributed by atoms with van der Waals surface area (Å²) in [6, 6.07) is 0. The van der Waals surface area contributed by atoms with Crippen molar-refractivity contribution in [3.8, 4) is 0 Å². The summed E-state index contributed by atoms with van der Waals surface area (Å²) in [6.45, 7) is 3.33. The predicted octanol–water partition coefficient (Wildman–Crippen LogP) is 2.19. The molecule has 0 atom stereocenters. The molecule has 1 aliphatic carbocycles. The molecule has 20 heavy (non-hydrogen) atoms. The molecule has 6 heteroatoms. The lowest BCUT2D eigenvalue weighted by molar-refractivity contribution is -0.125. The zero-order valence-electron chi connectivity index (χ0n) is 11.6. The Morgan fingerprint density at radius 2 is 1.75 bits per heavy atom. The monoisotopic (exact) mass is 296 g/mol. The van der Waals surface area contributed by atoms with Gasteiger partial charge in [0.15, 0.2) is 0 Å². The maximum atomic E-state index is 12.5. The molecule has 3 aliphatic rings. The fraction of sp³-hybridized carbons (Fsp3) is 0.714. The van der Waals surface area contributed by atoms with Gasteiger partial charge in [-0.25, -0.2) is 0 Å². The summed E-state index contributed by atoms with van der Waals surface area (Å²) in [5.74, 6) is -0.0802. The van der Waals surface area contributed by atoms with Crippen LogP contribution in [0.4, 0.5) is 4.79 Å². The normalized spacial score (nSPS) is 25.7. The van der Waals surface area contributed by atoms with Crippen molar-refractivity contribution >= 4 is 22.9 Å². The fourth-order valence-electron chi connectivity index (χ4n) is 2.89. The van der Waals surface area contributed by atoms with E-state index in [1.54, 1.807) is 0 Å². The fourth-order valence-corrected chi connectivity index (χ4v) is 3.86. The molecule has 1 saturated carbocycles. The van der Waals surface area contributed by atoms with Crippen LogP contribution in [0.15, 0.2) is 10.5 Å². The number of carbonyl (C=O) groups excluding carboxylic acids is 2. The molecule has 5 nitrogen and oxygen atoms in total. The number of thioether (sulfide) groups is 1. The minimum atomic E-state index is -0.116. The van der Waals surface area contributed by atoms with Gasteiger partial charge in [-0.2, -0.15) is 0 Å². The van der Waals surface area contributed by atoms with Crippen LogP contribution < -0.4 is 0 Å². The Morgan fingerprint density at radius 1 is 1.05 bits per heavy atom. The highest BCUT2D eigenvalue weighted by Crippen LogP contribution is 2.38. The number of morpholine rings is 1. The summed E-state index contributed by atoms with van der Waals surface area (Å²) in [7, 11) is 0. The molecule has 2 amide bonds. The Bertz CT molecular complexity index is 436. The number of hydrogen-bond acceptors (Lipinski definition) is 5. The van der Waals surface area contributed by atoms with Crippen molar-refractivity contribution in [1.29, 1.82) is 0 Å². The van der Waals surface area contributed by atoms with Crippen LogP contribution in [0, 0.1) is 0 Å². The summed E-state index contributed by atoms with van der Waals surface area (Å²) in [5, 5.41) is -0.116. The summed E-state index contributed by atoms with van der Waals surface area (Å²) in [4.78, 5) is 28.8. The topological polar surface area (TPSA) is 49.9 Å². The molecular weight excluding hydrogens is 276 g/mol. The average Bonchev–Trinajstić information content (AvgIpc) is 2.77. The number of hydrogen-bond donors (Lipinski definition) is 0. The number of ether oxygens (including phenoxy) is 1. The molecule has 0 aromatic rings. The third-order valence-corrected chi connectivity index (χ3v) is 5.13. The van der Waals surface area contributed by atoms with E-state index in [1.807, 2.05) is 0 Å². The summed E-state index contributed by atoms with van der Waals surface area (Å²) >= 11 is 1.14. The van der Waals surface area contributed by atoms with E-state index in [9.17, 15) is 9.59 Å². The largest absolute Gasteiger partial charge is 0.379 e. The van der Waals surface area contributed by atoms with Gasteiger partial charge in [-0.3, -0.25) is 19.4 Å². The van der Waals surface area contributed by atoms with Crippen LogP contribution >= 0.6 is 11.8 Å². The Kier molecular flexibility index (Phi) is 4.43. The van der Waals surface area contributed by atoms with Crippen molar-refractivity contribution in [2.24, 2.45) is 0 Å². The Morgan fingerprint density at radius 3 is 2.45 bits per heavy atom. The first-order valence-electron chi connectivity index (χ1n) is 7.31. The molecular formula is C14H20N2O3S. The molecule has 110 valence electrons. The molecule has 0 unspecified atom stereocenters. The standard InChI is InChI=1S/C14H20N2O3S/c17-13-12(11-4-2-1-3-5-11)20-14(18)16(13)10-15-6-8-19-9-7-15/h1-10H2. The summed E-state index contributed by atoms with van der Waals surface area (Å²) in [5.41, 5.74) is 1.20. The molecule has 0 radical (unpaired) electrons. The molecule has 0 aromatic carbocycles. The van der Waals surface area contributed by atoms with Crippen LogP contribution in [0.1, 0.15) is 32.1 Å². The second-order valence-corrected chi connectivity index (χ2v) is 6.43. The number of imide groups is 1. The van der Waals surface area contributed by atoms with Gasteiger partial charge in [0.2, 0.25) is 0 Å². The maximum Gasteiger partial charge on any atom is 0.294 e. The third kappa shape index (κ3) is 2.92. The van der Waals surface area contributed by atoms with Crippen molar-refractivity contribution in [3.05, 3.63) is 10.5 Å². The van der Waals surface area contributed by atoms with E-state index in [0.717, 1.165) is 50.5 Å². The highest BCUT2D eigenvalue weighted by Gasteiger charge is 2.38. The van der Waals surface area contributed by atoms with Crippen molar-refractivity contribution in [2.45, 2.75) is 32.1 Å². The van der Waals surface area contributed by atoms with Crippen LogP contribution in [0.25, 0.3) is 0 Å². The van der Waals surface area contributed by atoms with Gasteiger partial charge < -0.3 is 4.74 Å². The minimum Gasteiger partial charge on any atom is -0.379 e. The molecule has 3 fully saturated rings. The van der Waals surface area contributed by atoms with E-state index in [1.165, 1.54) is 16.9 Å². The predicted molar refractivity (Wildman–Crippen MR) is 77.2 cm³/mol. The highest BCUT2D eigenvalue weighted by atomic mass is 32.2. The van der Waals surface area contributed by atoms with E-state index >= 15 is 0 Å². The van der Waals surface area contributed by atoms with Gasteiger partial charge in [0.1, 0.15) is 0 Å². The molecule has 0 aromatic heterocycles. The Hall–Kier alpha value is -0.850. The first kappa shape index (κ1) is 14.1. The van der Waals surface area contributed by atoms with Gasteiger partial charge in [0.25, 0.3) is 11.1 Å². The van der Waals surface area contributed by atoms with Crippen LogP contribution in [-0.2, 0) is 9.53 Å². The molecule has 2 saturated heterocycles. The SMILES string of the molecule is O=C1SC(=C2CCCCC2)C(=O)N1CN1CCOCC1. The number of allylic oxidation sites excluding steroid dienone is 1. The zero-order valence-corrected chi connectivity index (χ0v) is 12.4. The van der Waals surface area contributed by atoms with E-state index < -0.39 is 0 Å². The van der Waals surface area contributed by atoms with Crippen LogP contribution in [0.5, 0.6) is 0 Å². The minimum absolute atomic E-state index is 0.0802. The summed E-state index contributed by atoms with van der Waals surface area (Å²) < 4.78 is 5.29. The van der Waals surface area contributed by atoms with Gasteiger partial charge in [-0.05, 0) is 37.4 Å². The van der Waals surface area contributed by atoms with Gasteiger partial charge in [0.05, 0.1) is 24.8 Å². The maximum absolute atomic E-state index is 12.5. The molecule has 2 heterocycles. The van der Waals surface area contributed by atoms with Gasteiger partial charge in [0, 0.05) is 13.1 Å². The Labute approximate surface area is 123 Å². The average molecular weight is 296 g/mol. The molecule has 0 N–H and O–H groups in total. The molecule has 0 spiro atoms. The number of amides is 2. The van der Waals surface area contributed by atoms with E-state index in [-0.39, 0.29) is 11.1 Å². The third-order valence-electron chi connectivity index (χ3n) is 4.07. The smallest absolute Gasteiger partial charge is 0.294 e. The lowest BCUT2D eigenvalue weighted by atomic mass is 9.94. The second-order valence-electron chi connectivity index (χ2n) is 5.47. The highest BCUT2D eigenvalue weighted by molar-refractivity contribution is 8.18. The molecule has 0 bridgehead atoms. The van der Waals surface area contributed by atoms with Gasteiger partial charge in [-0.15, -0.1) is 0 Å². The van der Waals surface area contributed by atoms with Gasteiger partial charge in [-0.1, -0.05) is 12.0 Å². The van der Waals surface area contributed by atoms with Crippen molar-refractivity contribution in [3.63, 3.8) is 0 Å². The Balaban J connectivity index is 1.69. The quantitative estimate of drug-likeness (QED) is 0.731. The van der Waals surface area contributed by atoms with E-state index in [4.69, 9.17) is 4.74 Å². The van der Waals surface area contributed by atoms with Crippen molar-refractivity contribution in [1.82, 2.24) is 9.80 Å². The second kappa shape index (κ2) is 6.28.